The predicted molar refractivity (Wildman–Crippen MR) is 133 cm³/mol. The van der Waals surface area contributed by atoms with E-state index in [1.165, 1.54) is 31.2 Å². The molecule has 2 saturated heterocycles. The molecule has 4 atom stereocenters. The number of likely N-dealkylation sites (N-methyl/N-ethyl adjacent to an activating group) is 1. The van der Waals surface area contributed by atoms with Gasteiger partial charge in [0, 0.05) is 38.0 Å². The number of carbonyl (C=O) groups excluding carboxylic acids is 2. The van der Waals surface area contributed by atoms with Crippen LogP contribution in [0.2, 0.25) is 0 Å². The molecule has 1 aromatic rings. The molecular formula is C28H43N3O2. The lowest BCUT2D eigenvalue weighted by Crippen LogP contribution is -2.52. The SMILES string of the molecule is CN[C@@H](C)C(=O)C[C@H](C(=O)N1CC[C@H]2CCN(CCc3ccccc3)C[C@H]21)C1CCCCC1. The molecule has 0 bridgehead atoms. The van der Waals surface area contributed by atoms with E-state index in [4.69, 9.17) is 0 Å². The van der Waals surface area contributed by atoms with Gasteiger partial charge >= 0.3 is 0 Å². The maximum absolute atomic E-state index is 14.0. The second-order valence-electron chi connectivity index (χ2n) is 10.7. The largest absolute Gasteiger partial charge is 0.338 e. The van der Waals surface area contributed by atoms with Crippen molar-refractivity contribution in [3.63, 3.8) is 0 Å². The topological polar surface area (TPSA) is 52.7 Å². The Labute approximate surface area is 200 Å². The molecule has 2 heterocycles. The van der Waals surface area contributed by atoms with E-state index in [9.17, 15) is 9.59 Å². The fourth-order valence-corrected chi connectivity index (χ4v) is 6.37. The molecule has 33 heavy (non-hydrogen) atoms. The molecule has 1 aromatic carbocycles. The van der Waals surface area contributed by atoms with Crippen molar-refractivity contribution in [2.24, 2.45) is 17.8 Å². The number of nitrogens with one attached hydrogen (secondary N) is 1. The van der Waals surface area contributed by atoms with Crippen LogP contribution >= 0.6 is 0 Å². The fraction of sp³-hybridized carbons (Fsp3) is 0.714. The van der Waals surface area contributed by atoms with Crippen molar-refractivity contribution < 1.29 is 9.59 Å². The number of likely N-dealkylation sites (tertiary alicyclic amines) is 2. The van der Waals surface area contributed by atoms with Crippen molar-refractivity contribution in [2.45, 2.75) is 76.8 Å². The molecule has 2 aliphatic heterocycles. The number of hydrogen-bond donors (Lipinski definition) is 1. The number of ketones is 1. The Hall–Kier alpha value is -1.72. The van der Waals surface area contributed by atoms with Crippen molar-refractivity contribution in [3.8, 4) is 0 Å². The van der Waals surface area contributed by atoms with Gasteiger partial charge in [-0.05, 0) is 70.0 Å². The molecule has 182 valence electrons. The Morgan fingerprint density at radius 3 is 2.48 bits per heavy atom. The fourth-order valence-electron chi connectivity index (χ4n) is 6.37. The zero-order valence-electron chi connectivity index (χ0n) is 20.7. The van der Waals surface area contributed by atoms with Crippen LogP contribution in [0.4, 0.5) is 0 Å². The number of rotatable bonds is 9. The van der Waals surface area contributed by atoms with Gasteiger partial charge in [0.15, 0.2) is 0 Å². The maximum atomic E-state index is 14.0. The molecule has 5 heteroatoms. The first-order chi connectivity index (χ1) is 16.1. The highest BCUT2D eigenvalue weighted by atomic mass is 16.2. The van der Waals surface area contributed by atoms with E-state index in [0.717, 1.165) is 51.9 Å². The van der Waals surface area contributed by atoms with E-state index in [0.29, 0.717) is 24.3 Å². The van der Waals surface area contributed by atoms with E-state index < -0.39 is 0 Å². The lowest BCUT2D eigenvalue weighted by atomic mass is 9.76. The van der Waals surface area contributed by atoms with Gasteiger partial charge in [-0.1, -0.05) is 49.6 Å². The third kappa shape index (κ3) is 6.05. The minimum atomic E-state index is -0.182. The Kier molecular flexibility index (Phi) is 8.59. The van der Waals surface area contributed by atoms with Gasteiger partial charge in [0.25, 0.3) is 0 Å². The Balaban J connectivity index is 1.42. The number of amides is 1. The van der Waals surface area contributed by atoms with Crippen LogP contribution in [0.1, 0.15) is 63.9 Å². The smallest absolute Gasteiger partial charge is 0.226 e. The molecule has 1 aliphatic carbocycles. The second kappa shape index (κ2) is 11.6. The van der Waals surface area contributed by atoms with Gasteiger partial charge in [0.05, 0.1) is 6.04 Å². The molecule has 3 aliphatic rings. The molecule has 1 saturated carbocycles. The Morgan fingerprint density at radius 2 is 1.76 bits per heavy atom. The van der Waals surface area contributed by atoms with Crippen molar-refractivity contribution in [1.29, 1.82) is 0 Å². The zero-order valence-corrected chi connectivity index (χ0v) is 20.7. The monoisotopic (exact) mass is 453 g/mol. The summed E-state index contributed by atoms with van der Waals surface area (Å²) in [5, 5.41) is 3.08. The zero-order chi connectivity index (χ0) is 23.2. The van der Waals surface area contributed by atoms with Gasteiger partial charge in [0.1, 0.15) is 5.78 Å². The highest BCUT2D eigenvalue weighted by Gasteiger charge is 2.44. The molecular weight excluding hydrogens is 410 g/mol. The maximum Gasteiger partial charge on any atom is 0.226 e. The number of nitrogens with zero attached hydrogens (tertiary/aromatic N) is 2. The third-order valence-corrected chi connectivity index (χ3v) is 8.66. The van der Waals surface area contributed by atoms with Crippen LogP contribution in [-0.4, -0.2) is 66.8 Å². The third-order valence-electron chi connectivity index (χ3n) is 8.66. The molecule has 1 amide bonds. The van der Waals surface area contributed by atoms with Crippen LogP contribution in [0.3, 0.4) is 0 Å². The standard InChI is InChI=1S/C28H43N3O2/c1-21(29-2)27(32)19-25(23-11-7-4-8-12-23)28(33)31-18-15-24-14-17-30(20-26(24)31)16-13-22-9-5-3-6-10-22/h3,5-6,9-10,21,23-26,29H,4,7-8,11-20H2,1-2H3/t21-,24+,25-,26+/m0/s1. The van der Waals surface area contributed by atoms with Crippen molar-refractivity contribution >= 4 is 11.7 Å². The van der Waals surface area contributed by atoms with Crippen LogP contribution in [0.15, 0.2) is 30.3 Å². The first-order valence-corrected chi connectivity index (χ1v) is 13.3. The average Bonchev–Trinajstić information content (AvgIpc) is 3.29. The first-order valence-electron chi connectivity index (χ1n) is 13.3. The van der Waals surface area contributed by atoms with E-state index in [1.54, 1.807) is 0 Å². The van der Waals surface area contributed by atoms with Crippen molar-refractivity contribution in [2.75, 3.05) is 33.2 Å². The molecule has 0 aromatic heterocycles. The summed E-state index contributed by atoms with van der Waals surface area (Å²) in [6.07, 6.45) is 9.64. The van der Waals surface area contributed by atoms with Crippen LogP contribution in [-0.2, 0) is 16.0 Å². The summed E-state index contributed by atoms with van der Waals surface area (Å²) in [5.74, 6) is 1.32. The van der Waals surface area contributed by atoms with Gasteiger partial charge in [-0.25, -0.2) is 0 Å². The van der Waals surface area contributed by atoms with E-state index >= 15 is 0 Å². The number of piperidine rings is 1. The highest BCUT2D eigenvalue weighted by Crippen LogP contribution is 2.38. The van der Waals surface area contributed by atoms with Gasteiger partial charge in [-0.3, -0.25) is 9.59 Å². The molecule has 4 rings (SSSR count). The van der Waals surface area contributed by atoms with Crippen LogP contribution in [0, 0.1) is 17.8 Å². The van der Waals surface area contributed by atoms with E-state index in [-0.39, 0.29) is 23.7 Å². The molecule has 0 unspecified atom stereocenters. The van der Waals surface area contributed by atoms with Crippen molar-refractivity contribution in [1.82, 2.24) is 15.1 Å². The number of fused-ring (bicyclic) bond motifs is 1. The molecule has 3 fully saturated rings. The number of hydrogen-bond acceptors (Lipinski definition) is 4. The molecule has 0 radical (unpaired) electrons. The summed E-state index contributed by atoms with van der Waals surface area (Å²) in [5.41, 5.74) is 1.38. The quantitative estimate of drug-likeness (QED) is 0.616. The van der Waals surface area contributed by atoms with Gasteiger partial charge < -0.3 is 15.1 Å². The van der Waals surface area contributed by atoms with Gasteiger partial charge in [-0.2, -0.15) is 0 Å². The summed E-state index contributed by atoms with van der Waals surface area (Å²) in [4.78, 5) is 31.6. The summed E-state index contributed by atoms with van der Waals surface area (Å²) in [7, 11) is 1.83. The lowest BCUT2D eigenvalue weighted by molar-refractivity contribution is -0.142. The minimum Gasteiger partial charge on any atom is -0.338 e. The Bertz CT molecular complexity index is 777. The highest BCUT2D eigenvalue weighted by molar-refractivity contribution is 5.90. The van der Waals surface area contributed by atoms with E-state index in [1.807, 2.05) is 14.0 Å². The van der Waals surface area contributed by atoms with Crippen molar-refractivity contribution in [3.05, 3.63) is 35.9 Å². The number of Topliss-reactive ketones (excluding diaryl/α,β-unsaturated/α-hetero) is 1. The minimum absolute atomic E-state index is 0.132. The Morgan fingerprint density at radius 1 is 1.03 bits per heavy atom. The van der Waals surface area contributed by atoms with Gasteiger partial charge in [0.2, 0.25) is 5.91 Å². The summed E-state index contributed by atoms with van der Waals surface area (Å²) in [6, 6.07) is 10.8. The lowest BCUT2D eigenvalue weighted by Gasteiger charge is -2.40. The molecule has 5 nitrogen and oxygen atoms in total. The summed E-state index contributed by atoms with van der Waals surface area (Å²) >= 11 is 0. The molecule has 0 spiro atoms. The number of benzene rings is 1. The first kappa shape index (κ1) is 24.4. The average molecular weight is 454 g/mol. The predicted octanol–water partition coefficient (Wildman–Crippen LogP) is 3.92. The van der Waals surface area contributed by atoms with Crippen LogP contribution in [0.25, 0.3) is 0 Å². The molecule has 1 N–H and O–H groups in total. The van der Waals surface area contributed by atoms with E-state index in [2.05, 4.69) is 45.4 Å². The summed E-state index contributed by atoms with van der Waals surface area (Å²) < 4.78 is 0. The van der Waals surface area contributed by atoms with Crippen LogP contribution < -0.4 is 5.32 Å². The second-order valence-corrected chi connectivity index (χ2v) is 10.7. The normalized spacial score (nSPS) is 26.1. The van der Waals surface area contributed by atoms with Crippen LogP contribution in [0.5, 0.6) is 0 Å². The number of carbonyl (C=O) groups is 2. The summed E-state index contributed by atoms with van der Waals surface area (Å²) in [6.45, 7) is 5.98. The van der Waals surface area contributed by atoms with Gasteiger partial charge in [-0.15, -0.1) is 0 Å².